The summed E-state index contributed by atoms with van der Waals surface area (Å²) in [6.07, 6.45) is 6.84. The van der Waals surface area contributed by atoms with Crippen molar-refractivity contribution in [3.8, 4) is 0 Å². The van der Waals surface area contributed by atoms with Gasteiger partial charge >= 0.3 is 0 Å². The molecular weight excluding hydrogens is 307 g/mol. The molecule has 2 amide bonds. The lowest BCUT2D eigenvalue weighted by atomic mass is 9.49. The van der Waals surface area contributed by atoms with Gasteiger partial charge < -0.3 is 10.6 Å². The van der Waals surface area contributed by atoms with Crippen molar-refractivity contribution in [3.05, 3.63) is 30.1 Å². The topological polar surface area (TPSA) is 58.2 Å². The van der Waals surface area contributed by atoms with Crippen LogP contribution in [0.1, 0.15) is 38.5 Å². The summed E-state index contributed by atoms with van der Waals surface area (Å²) in [7, 11) is 0. The van der Waals surface area contributed by atoms with Gasteiger partial charge in [-0.25, -0.2) is 4.39 Å². The normalized spacial score (nSPS) is 33.3. The number of benzene rings is 1. The lowest BCUT2D eigenvalue weighted by Crippen LogP contribution is -2.54. The van der Waals surface area contributed by atoms with Gasteiger partial charge in [-0.2, -0.15) is 0 Å². The number of carbonyl (C=O) groups is 2. The molecule has 0 saturated heterocycles. The second-order valence-corrected chi connectivity index (χ2v) is 7.94. The van der Waals surface area contributed by atoms with E-state index in [4.69, 9.17) is 0 Å². The zero-order valence-corrected chi connectivity index (χ0v) is 13.7. The van der Waals surface area contributed by atoms with Crippen molar-refractivity contribution >= 4 is 17.5 Å². The zero-order chi connectivity index (χ0) is 16.7. The number of nitrogens with one attached hydrogen (secondary N) is 2. The third-order valence-corrected chi connectivity index (χ3v) is 6.06. The molecule has 1 aromatic carbocycles. The van der Waals surface area contributed by atoms with Crippen LogP contribution in [0, 0.1) is 29.0 Å². The van der Waals surface area contributed by atoms with E-state index in [-0.39, 0.29) is 29.6 Å². The Morgan fingerprint density at radius 3 is 2.08 bits per heavy atom. The van der Waals surface area contributed by atoms with Crippen LogP contribution in [0.4, 0.5) is 10.1 Å². The van der Waals surface area contributed by atoms with Crippen LogP contribution in [0.5, 0.6) is 0 Å². The number of hydrogen-bond acceptors (Lipinski definition) is 2. The maximum absolute atomic E-state index is 12.9. The van der Waals surface area contributed by atoms with Crippen molar-refractivity contribution in [2.24, 2.45) is 23.2 Å². The molecule has 4 fully saturated rings. The van der Waals surface area contributed by atoms with Gasteiger partial charge in [0, 0.05) is 11.1 Å². The van der Waals surface area contributed by atoms with Crippen molar-refractivity contribution in [2.75, 3.05) is 11.9 Å². The van der Waals surface area contributed by atoms with Gasteiger partial charge in [-0.1, -0.05) is 0 Å². The Labute approximate surface area is 141 Å². The summed E-state index contributed by atoms with van der Waals surface area (Å²) in [6, 6.07) is 5.61. The fraction of sp³-hybridized carbons (Fsp3) is 0.579. The molecule has 4 nitrogen and oxygen atoms in total. The SMILES string of the molecule is O=C(CNC(=O)C12CC3CC(CC(C3)C1)C2)Nc1ccc(F)cc1. The van der Waals surface area contributed by atoms with Gasteiger partial charge in [-0.3, -0.25) is 9.59 Å². The molecule has 0 heterocycles. The number of halogens is 1. The van der Waals surface area contributed by atoms with Crippen LogP contribution in [0.2, 0.25) is 0 Å². The van der Waals surface area contributed by atoms with Crippen molar-refractivity contribution in [1.82, 2.24) is 5.32 Å². The Morgan fingerprint density at radius 2 is 1.54 bits per heavy atom. The molecule has 4 saturated carbocycles. The summed E-state index contributed by atoms with van der Waals surface area (Å²) in [5.74, 6) is 1.54. The lowest BCUT2D eigenvalue weighted by molar-refractivity contribution is -0.146. The Bertz CT molecular complexity index is 621. The highest BCUT2D eigenvalue weighted by molar-refractivity contribution is 5.95. The Hall–Kier alpha value is -1.91. The first-order valence-corrected chi connectivity index (χ1v) is 8.86. The summed E-state index contributed by atoms with van der Waals surface area (Å²) in [4.78, 5) is 24.8. The Morgan fingerprint density at radius 1 is 1.00 bits per heavy atom. The highest BCUT2D eigenvalue weighted by Crippen LogP contribution is 2.60. The van der Waals surface area contributed by atoms with Crippen molar-refractivity contribution < 1.29 is 14.0 Å². The molecule has 5 rings (SSSR count). The fourth-order valence-electron chi connectivity index (χ4n) is 5.48. The van der Waals surface area contributed by atoms with E-state index in [1.807, 2.05) is 0 Å². The predicted molar refractivity (Wildman–Crippen MR) is 88.6 cm³/mol. The van der Waals surface area contributed by atoms with Gasteiger partial charge in [0.25, 0.3) is 0 Å². The molecule has 24 heavy (non-hydrogen) atoms. The maximum Gasteiger partial charge on any atom is 0.243 e. The van der Waals surface area contributed by atoms with E-state index in [1.165, 1.54) is 43.5 Å². The minimum atomic E-state index is -0.344. The number of carbonyl (C=O) groups excluding carboxylic acids is 2. The van der Waals surface area contributed by atoms with E-state index in [9.17, 15) is 14.0 Å². The molecule has 2 N–H and O–H groups in total. The van der Waals surface area contributed by atoms with E-state index in [1.54, 1.807) is 0 Å². The molecule has 0 aromatic heterocycles. The number of rotatable bonds is 4. The molecule has 0 radical (unpaired) electrons. The average Bonchev–Trinajstić information content (AvgIpc) is 2.53. The van der Waals surface area contributed by atoms with E-state index in [0.29, 0.717) is 23.4 Å². The first-order chi connectivity index (χ1) is 11.5. The summed E-state index contributed by atoms with van der Waals surface area (Å²) >= 11 is 0. The fourth-order valence-corrected chi connectivity index (χ4v) is 5.48. The molecule has 4 aliphatic rings. The molecule has 0 unspecified atom stereocenters. The van der Waals surface area contributed by atoms with Gasteiger partial charge in [0.05, 0.1) is 6.54 Å². The van der Waals surface area contributed by atoms with E-state index >= 15 is 0 Å². The number of anilines is 1. The monoisotopic (exact) mass is 330 g/mol. The van der Waals surface area contributed by atoms with Crippen LogP contribution in [0.25, 0.3) is 0 Å². The average molecular weight is 330 g/mol. The largest absolute Gasteiger partial charge is 0.347 e. The third-order valence-electron chi connectivity index (χ3n) is 6.06. The number of hydrogen-bond donors (Lipinski definition) is 2. The Balaban J connectivity index is 1.33. The van der Waals surface area contributed by atoms with Crippen molar-refractivity contribution in [1.29, 1.82) is 0 Å². The standard InChI is InChI=1S/C19H23FN2O2/c20-15-1-3-16(4-2-15)22-17(23)11-21-18(24)19-8-12-5-13(9-19)7-14(6-12)10-19/h1-4,12-14H,5-11H2,(H,21,24)(H,22,23). The van der Waals surface area contributed by atoms with Crippen LogP contribution < -0.4 is 10.6 Å². The molecule has 128 valence electrons. The van der Waals surface area contributed by atoms with Gasteiger partial charge in [0.2, 0.25) is 11.8 Å². The second-order valence-electron chi connectivity index (χ2n) is 7.94. The minimum Gasteiger partial charge on any atom is -0.347 e. The Kier molecular flexibility index (Phi) is 3.82. The van der Waals surface area contributed by atoms with Crippen LogP contribution >= 0.6 is 0 Å². The smallest absolute Gasteiger partial charge is 0.243 e. The summed E-state index contributed by atoms with van der Waals surface area (Å²) in [5, 5.41) is 5.52. The molecule has 4 aliphatic carbocycles. The molecule has 1 aromatic rings. The van der Waals surface area contributed by atoms with Gasteiger partial charge in [-0.05, 0) is 80.5 Å². The molecule has 4 bridgehead atoms. The number of amides is 2. The first kappa shape index (κ1) is 15.6. The maximum atomic E-state index is 12.9. The van der Waals surface area contributed by atoms with Gasteiger partial charge in [0.1, 0.15) is 5.82 Å². The molecule has 0 spiro atoms. The van der Waals surface area contributed by atoms with Crippen molar-refractivity contribution in [2.45, 2.75) is 38.5 Å². The molecule has 0 atom stereocenters. The van der Waals surface area contributed by atoms with Gasteiger partial charge in [-0.15, -0.1) is 0 Å². The third kappa shape index (κ3) is 2.92. The van der Waals surface area contributed by atoms with Crippen LogP contribution in [-0.4, -0.2) is 18.4 Å². The highest BCUT2D eigenvalue weighted by Gasteiger charge is 2.54. The minimum absolute atomic E-state index is 0.0298. The van der Waals surface area contributed by atoms with E-state index < -0.39 is 0 Å². The molecular formula is C19H23FN2O2. The summed E-state index contributed by atoms with van der Waals surface area (Å²) < 4.78 is 12.9. The van der Waals surface area contributed by atoms with Crippen LogP contribution in [-0.2, 0) is 9.59 Å². The summed E-state index contributed by atoms with van der Waals surface area (Å²) in [5.41, 5.74) is 0.302. The lowest BCUT2D eigenvalue weighted by Gasteiger charge is -2.55. The van der Waals surface area contributed by atoms with Crippen LogP contribution in [0.3, 0.4) is 0 Å². The second kappa shape index (κ2) is 5.87. The van der Waals surface area contributed by atoms with Crippen molar-refractivity contribution in [3.63, 3.8) is 0 Å². The molecule has 5 heteroatoms. The van der Waals surface area contributed by atoms with E-state index in [0.717, 1.165) is 19.3 Å². The van der Waals surface area contributed by atoms with Gasteiger partial charge in [0.15, 0.2) is 0 Å². The molecule has 0 aliphatic heterocycles. The highest BCUT2D eigenvalue weighted by atomic mass is 19.1. The quantitative estimate of drug-likeness (QED) is 0.891. The zero-order valence-electron chi connectivity index (χ0n) is 13.7. The summed E-state index contributed by atoms with van der Waals surface area (Å²) in [6.45, 7) is -0.0298. The van der Waals surface area contributed by atoms with E-state index in [2.05, 4.69) is 10.6 Å². The predicted octanol–water partition coefficient (Wildman–Crippen LogP) is 3.10. The first-order valence-electron chi connectivity index (χ1n) is 8.86. The van der Waals surface area contributed by atoms with Crippen LogP contribution in [0.15, 0.2) is 24.3 Å².